The van der Waals surface area contributed by atoms with Crippen LogP contribution in [0.15, 0.2) is 52.1 Å². The first kappa shape index (κ1) is 25.3. The molecule has 1 fully saturated rings. The molecule has 1 saturated heterocycles. The molecule has 3 unspecified atom stereocenters. The van der Waals surface area contributed by atoms with Crippen LogP contribution in [0.3, 0.4) is 0 Å². The molecular weight excluding hydrogens is 493 g/mol. The normalized spacial score (nSPS) is 21.2. The van der Waals surface area contributed by atoms with Crippen LogP contribution in [0.5, 0.6) is 0 Å². The van der Waals surface area contributed by atoms with E-state index in [2.05, 4.69) is 4.98 Å². The molecule has 35 heavy (non-hydrogen) atoms. The molecule has 186 valence electrons. The Kier molecular flexibility index (Phi) is 6.99. The molecule has 1 amide bonds. The standard InChI is InChI=1S/C25H27Cl2N3O5/c1-25(2,3)21-13-29(24(33)34)11-16(14-8-9-17(26)18(27)10-14)20(35-21)12-30-22(31)15-6-4-5-7-19(15)28-23(30)32/h4-10,16,20-21H,11-13H2,1-3H3,(H,28,32)(H,33,34). The molecule has 1 aliphatic rings. The van der Waals surface area contributed by atoms with Crippen LogP contribution < -0.4 is 11.2 Å². The van der Waals surface area contributed by atoms with E-state index in [1.165, 1.54) is 4.90 Å². The number of hydrogen-bond donors (Lipinski definition) is 2. The van der Waals surface area contributed by atoms with Crippen LogP contribution in [0.4, 0.5) is 4.79 Å². The lowest BCUT2D eigenvalue weighted by Gasteiger charge is -2.34. The van der Waals surface area contributed by atoms with E-state index >= 15 is 0 Å². The van der Waals surface area contributed by atoms with Crippen molar-refractivity contribution in [1.82, 2.24) is 14.5 Å². The van der Waals surface area contributed by atoms with Crippen molar-refractivity contribution in [2.45, 2.75) is 45.4 Å². The lowest BCUT2D eigenvalue weighted by Crippen LogP contribution is -2.44. The number of para-hydroxylation sites is 1. The van der Waals surface area contributed by atoms with Crippen molar-refractivity contribution >= 4 is 40.2 Å². The monoisotopic (exact) mass is 519 g/mol. The number of carbonyl (C=O) groups is 1. The molecule has 2 heterocycles. The number of ether oxygens (including phenoxy) is 1. The molecule has 10 heteroatoms. The van der Waals surface area contributed by atoms with Gasteiger partial charge in [-0.05, 0) is 35.2 Å². The Morgan fingerprint density at radius 2 is 1.83 bits per heavy atom. The topological polar surface area (TPSA) is 105 Å². The molecule has 3 atom stereocenters. The Bertz CT molecular complexity index is 1380. The molecule has 1 aromatic heterocycles. The first-order valence-electron chi connectivity index (χ1n) is 11.3. The lowest BCUT2D eigenvalue weighted by molar-refractivity contribution is -0.0722. The van der Waals surface area contributed by atoms with Gasteiger partial charge in [0.05, 0.1) is 46.2 Å². The summed E-state index contributed by atoms with van der Waals surface area (Å²) >= 11 is 12.4. The number of amides is 1. The Balaban J connectivity index is 1.84. The van der Waals surface area contributed by atoms with Gasteiger partial charge in [-0.3, -0.25) is 9.36 Å². The Hall–Kier alpha value is -2.81. The molecule has 8 nitrogen and oxygen atoms in total. The van der Waals surface area contributed by atoms with Crippen molar-refractivity contribution in [1.29, 1.82) is 0 Å². The van der Waals surface area contributed by atoms with E-state index in [0.717, 1.165) is 4.57 Å². The van der Waals surface area contributed by atoms with E-state index in [1.54, 1.807) is 42.5 Å². The van der Waals surface area contributed by atoms with Gasteiger partial charge in [0.25, 0.3) is 5.56 Å². The number of halogens is 2. The predicted octanol–water partition coefficient (Wildman–Crippen LogP) is 4.57. The minimum Gasteiger partial charge on any atom is -0.465 e. The largest absolute Gasteiger partial charge is 0.465 e. The molecule has 3 aromatic rings. The van der Waals surface area contributed by atoms with Crippen LogP contribution in [0, 0.1) is 5.41 Å². The van der Waals surface area contributed by atoms with Gasteiger partial charge in [0.2, 0.25) is 0 Å². The van der Waals surface area contributed by atoms with Crippen molar-refractivity contribution in [2.75, 3.05) is 13.1 Å². The van der Waals surface area contributed by atoms with E-state index in [1.807, 2.05) is 20.8 Å². The molecule has 0 saturated carbocycles. The maximum Gasteiger partial charge on any atom is 0.407 e. The second-order valence-corrected chi connectivity index (χ2v) is 10.7. The highest BCUT2D eigenvalue weighted by molar-refractivity contribution is 6.42. The molecule has 1 aliphatic heterocycles. The van der Waals surface area contributed by atoms with E-state index in [4.69, 9.17) is 27.9 Å². The number of nitrogens with zero attached hydrogens (tertiary/aromatic N) is 2. The van der Waals surface area contributed by atoms with Gasteiger partial charge in [0.15, 0.2) is 0 Å². The Labute approximate surface area is 212 Å². The maximum absolute atomic E-state index is 13.2. The fraction of sp³-hybridized carbons (Fsp3) is 0.400. The summed E-state index contributed by atoms with van der Waals surface area (Å²) in [6.45, 7) is 6.07. The van der Waals surface area contributed by atoms with Gasteiger partial charge in [0.1, 0.15) is 0 Å². The van der Waals surface area contributed by atoms with Gasteiger partial charge in [-0.2, -0.15) is 0 Å². The highest BCUT2D eigenvalue weighted by Crippen LogP contribution is 2.36. The molecule has 0 bridgehead atoms. The van der Waals surface area contributed by atoms with Crippen LogP contribution >= 0.6 is 23.2 Å². The van der Waals surface area contributed by atoms with Gasteiger partial charge in [0, 0.05) is 12.5 Å². The molecule has 2 N–H and O–H groups in total. The van der Waals surface area contributed by atoms with Crippen LogP contribution in [0.2, 0.25) is 10.0 Å². The van der Waals surface area contributed by atoms with Gasteiger partial charge >= 0.3 is 11.8 Å². The number of rotatable bonds is 3. The van der Waals surface area contributed by atoms with Crippen LogP contribution in [-0.4, -0.2) is 50.9 Å². The summed E-state index contributed by atoms with van der Waals surface area (Å²) in [5, 5.41) is 11.0. The zero-order valence-corrected chi connectivity index (χ0v) is 21.1. The second kappa shape index (κ2) is 9.68. The van der Waals surface area contributed by atoms with Crippen LogP contribution in [0.1, 0.15) is 32.3 Å². The molecule has 4 rings (SSSR count). The fourth-order valence-corrected chi connectivity index (χ4v) is 4.70. The molecule has 2 aromatic carbocycles. The number of H-pyrrole nitrogens is 1. The van der Waals surface area contributed by atoms with Gasteiger partial charge in [-0.1, -0.05) is 62.2 Å². The van der Waals surface area contributed by atoms with Gasteiger partial charge in [-0.25, -0.2) is 9.59 Å². The minimum absolute atomic E-state index is 0.0655. The van der Waals surface area contributed by atoms with Crippen molar-refractivity contribution in [3.63, 3.8) is 0 Å². The average Bonchev–Trinajstić information content (AvgIpc) is 2.99. The third-order valence-electron chi connectivity index (χ3n) is 6.45. The summed E-state index contributed by atoms with van der Waals surface area (Å²) in [4.78, 5) is 42.3. The summed E-state index contributed by atoms with van der Waals surface area (Å²) in [6.07, 6.45) is -2.25. The lowest BCUT2D eigenvalue weighted by atomic mass is 9.88. The second-order valence-electron chi connectivity index (χ2n) is 9.89. The number of benzene rings is 2. The quantitative estimate of drug-likeness (QED) is 0.527. The smallest absolute Gasteiger partial charge is 0.407 e. The summed E-state index contributed by atoms with van der Waals surface area (Å²) in [5.74, 6) is -0.508. The Morgan fingerprint density at radius 1 is 1.11 bits per heavy atom. The number of carboxylic acid groups (broad SMARTS) is 1. The molecule has 0 radical (unpaired) electrons. The third-order valence-corrected chi connectivity index (χ3v) is 7.19. The van der Waals surface area contributed by atoms with Crippen molar-refractivity contribution in [2.24, 2.45) is 5.41 Å². The van der Waals surface area contributed by atoms with E-state index < -0.39 is 40.9 Å². The van der Waals surface area contributed by atoms with Crippen LogP contribution in [-0.2, 0) is 11.3 Å². The zero-order valence-electron chi connectivity index (χ0n) is 19.6. The number of fused-ring (bicyclic) bond motifs is 1. The molecular formula is C25H27Cl2N3O5. The van der Waals surface area contributed by atoms with E-state index in [0.29, 0.717) is 26.5 Å². The van der Waals surface area contributed by atoms with Crippen molar-refractivity contribution in [3.05, 3.63) is 78.9 Å². The van der Waals surface area contributed by atoms with Crippen molar-refractivity contribution < 1.29 is 14.6 Å². The maximum atomic E-state index is 13.2. The number of aromatic nitrogens is 2. The highest BCUT2D eigenvalue weighted by atomic mass is 35.5. The molecule has 0 aliphatic carbocycles. The fourth-order valence-electron chi connectivity index (χ4n) is 4.39. The van der Waals surface area contributed by atoms with E-state index in [-0.39, 0.29) is 19.6 Å². The minimum atomic E-state index is -1.07. The summed E-state index contributed by atoms with van der Waals surface area (Å²) in [5.41, 5.74) is -0.245. The number of nitrogens with one attached hydrogen (secondary N) is 1. The molecule has 0 spiro atoms. The van der Waals surface area contributed by atoms with E-state index in [9.17, 15) is 19.5 Å². The predicted molar refractivity (Wildman–Crippen MR) is 136 cm³/mol. The van der Waals surface area contributed by atoms with Gasteiger partial charge in [-0.15, -0.1) is 0 Å². The highest BCUT2D eigenvalue weighted by Gasteiger charge is 2.40. The number of hydrogen-bond acceptors (Lipinski definition) is 4. The summed E-state index contributed by atoms with van der Waals surface area (Å²) in [6, 6.07) is 11.9. The third kappa shape index (κ3) is 5.24. The Morgan fingerprint density at radius 3 is 2.49 bits per heavy atom. The van der Waals surface area contributed by atoms with Gasteiger partial charge < -0.3 is 19.7 Å². The zero-order chi connectivity index (χ0) is 25.5. The average molecular weight is 520 g/mol. The first-order chi connectivity index (χ1) is 16.5. The van der Waals surface area contributed by atoms with Crippen molar-refractivity contribution in [3.8, 4) is 0 Å². The first-order valence-corrected chi connectivity index (χ1v) is 12.0. The summed E-state index contributed by atoms with van der Waals surface area (Å²) < 4.78 is 7.64. The number of aromatic amines is 1. The summed E-state index contributed by atoms with van der Waals surface area (Å²) in [7, 11) is 0. The van der Waals surface area contributed by atoms with Crippen LogP contribution in [0.25, 0.3) is 10.9 Å². The SMILES string of the molecule is CC(C)(C)C1CN(C(=O)O)CC(c2ccc(Cl)c(Cl)c2)C(Cn2c(=O)[nH]c3ccccc3c2=O)O1.